The van der Waals surface area contributed by atoms with Crippen molar-refractivity contribution in [2.24, 2.45) is 0 Å². The maximum atomic E-state index is 11.7. The van der Waals surface area contributed by atoms with Gasteiger partial charge in [0.15, 0.2) is 23.0 Å². The molecule has 0 aromatic carbocycles. The summed E-state index contributed by atoms with van der Waals surface area (Å²) in [4.78, 5) is 59.9. The Hall–Kier alpha value is -1.59. The number of carbonyl (C=O) groups is 4. The third kappa shape index (κ3) is 20.3. The molecule has 0 fully saturated rings. The fourth-order valence-electron chi connectivity index (χ4n) is 3.99. The lowest BCUT2D eigenvalue weighted by atomic mass is 10.3. The molecular formula is C26H49IN4O9. The maximum Gasteiger partial charge on any atom is 0.344 e. The molecule has 0 amide bonds. The van der Waals surface area contributed by atoms with Crippen molar-refractivity contribution in [1.29, 1.82) is 0 Å². The van der Waals surface area contributed by atoms with E-state index < -0.39 is 5.97 Å². The third-order valence-electron chi connectivity index (χ3n) is 6.64. The molecule has 0 aliphatic carbocycles. The van der Waals surface area contributed by atoms with Crippen molar-refractivity contribution in [1.82, 2.24) is 19.6 Å². The van der Waals surface area contributed by atoms with Crippen molar-refractivity contribution < 1.29 is 41.5 Å². The first-order chi connectivity index (χ1) is 19.2. The van der Waals surface area contributed by atoms with Crippen LogP contribution in [0.25, 0.3) is 0 Å². The summed E-state index contributed by atoms with van der Waals surface area (Å²) in [5.74, 6) is -1.29. The largest absolute Gasteiger partial charge is 0.469 e. The van der Waals surface area contributed by atoms with Gasteiger partial charge in [0, 0.05) is 52.4 Å². The molecule has 0 N–H and O–H groups in total. The first kappa shape index (κ1) is 38.4. The smallest absolute Gasteiger partial charge is 0.344 e. The van der Waals surface area contributed by atoms with E-state index in [0.29, 0.717) is 32.7 Å². The molecule has 0 saturated heterocycles. The summed E-state index contributed by atoms with van der Waals surface area (Å²) < 4.78 is 18.7. The van der Waals surface area contributed by atoms with E-state index in [1.54, 1.807) is 0 Å². The van der Waals surface area contributed by atoms with E-state index in [-0.39, 0.29) is 43.6 Å². The predicted octanol–water partition coefficient (Wildman–Crippen LogP) is 1.53. The van der Waals surface area contributed by atoms with Gasteiger partial charge in [0.1, 0.15) is 0 Å². The molecule has 0 aromatic heterocycles. The van der Waals surface area contributed by atoms with E-state index in [4.69, 9.17) is 14.2 Å². The van der Waals surface area contributed by atoms with Crippen LogP contribution in [0.15, 0.2) is 0 Å². The standard InChI is InChI=1S/C26H49IN4O9/c1-6-28(19-21-30(15-9-23(32)36-3)16-10-24(33)37-4)13-8-14-29(7-2)20-22-31(17-11-25(34)38-5)18-12-26(35)39-40-27/h6-22H2,1-5H3. The quantitative estimate of drug-likeness (QED) is 0.0453. The minimum absolute atomic E-state index is 0.165. The van der Waals surface area contributed by atoms with Gasteiger partial charge in [-0.2, -0.15) is 0 Å². The molecule has 14 heteroatoms. The number of ether oxygens (including phenoxy) is 3. The summed E-state index contributed by atoms with van der Waals surface area (Å²) in [7, 11) is 4.11. The number of hydrogen-bond acceptors (Lipinski definition) is 13. The zero-order valence-electron chi connectivity index (χ0n) is 24.9. The molecule has 0 aliphatic rings. The Morgan fingerprint density at radius 2 is 0.825 bits per heavy atom. The average molecular weight is 689 g/mol. The predicted molar refractivity (Wildman–Crippen MR) is 157 cm³/mol. The van der Waals surface area contributed by atoms with Gasteiger partial charge >= 0.3 is 23.9 Å². The Kier molecular flexibility index (Phi) is 24.1. The van der Waals surface area contributed by atoms with Crippen LogP contribution in [0.3, 0.4) is 0 Å². The zero-order chi connectivity index (χ0) is 30.2. The zero-order valence-corrected chi connectivity index (χ0v) is 27.0. The van der Waals surface area contributed by atoms with Gasteiger partial charge in [-0.1, -0.05) is 13.8 Å². The molecule has 0 rings (SSSR count). The van der Waals surface area contributed by atoms with E-state index in [1.807, 2.05) is 0 Å². The van der Waals surface area contributed by atoms with Gasteiger partial charge in [0.05, 0.1) is 47.0 Å². The fourth-order valence-corrected chi connectivity index (χ4v) is 4.19. The first-order valence-corrected chi connectivity index (χ1v) is 14.7. The normalized spacial score (nSPS) is 11.3. The third-order valence-corrected chi connectivity index (χ3v) is 6.82. The molecule has 0 aromatic rings. The second kappa shape index (κ2) is 25.1. The topological polar surface area (TPSA) is 127 Å². The van der Waals surface area contributed by atoms with E-state index in [1.165, 1.54) is 44.3 Å². The van der Waals surface area contributed by atoms with Crippen molar-refractivity contribution in [2.45, 2.75) is 46.0 Å². The molecular weight excluding hydrogens is 639 g/mol. The van der Waals surface area contributed by atoms with Crippen molar-refractivity contribution in [3.63, 3.8) is 0 Å². The summed E-state index contributed by atoms with van der Waals surface area (Å²) in [6.45, 7) is 12.9. The van der Waals surface area contributed by atoms with Crippen molar-refractivity contribution >= 4 is 46.9 Å². The lowest BCUT2D eigenvalue weighted by Crippen LogP contribution is -2.40. The first-order valence-electron chi connectivity index (χ1n) is 13.8. The molecule has 0 unspecified atom stereocenters. The van der Waals surface area contributed by atoms with Crippen LogP contribution in [0.5, 0.6) is 0 Å². The molecule has 0 bridgehead atoms. The number of halogens is 1. The van der Waals surface area contributed by atoms with Crippen molar-refractivity contribution in [3.8, 4) is 0 Å². The lowest BCUT2D eigenvalue weighted by Gasteiger charge is -2.29. The van der Waals surface area contributed by atoms with Gasteiger partial charge in [0.25, 0.3) is 0 Å². The van der Waals surface area contributed by atoms with Crippen molar-refractivity contribution in [2.75, 3.05) is 99.9 Å². The Morgan fingerprint density at radius 3 is 1.12 bits per heavy atom. The average Bonchev–Trinajstić information content (AvgIpc) is 2.97. The lowest BCUT2D eigenvalue weighted by molar-refractivity contribution is -0.195. The van der Waals surface area contributed by atoms with Crippen molar-refractivity contribution in [3.05, 3.63) is 0 Å². The van der Waals surface area contributed by atoms with Crippen LogP contribution in [-0.2, 0) is 41.5 Å². The van der Waals surface area contributed by atoms with Crippen LogP contribution in [0, 0.1) is 0 Å². The van der Waals surface area contributed by atoms with Crippen LogP contribution in [-0.4, -0.2) is 143 Å². The van der Waals surface area contributed by atoms with Crippen LogP contribution in [0.2, 0.25) is 0 Å². The SMILES string of the molecule is CCN(CCCN(CC)CCN(CCC(=O)OC)CCC(=O)OOI)CCN(CCC(=O)OC)CCC(=O)OC. The number of esters is 3. The molecule has 40 heavy (non-hydrogen) atoms. The van der Waals surface area contributed by atoms with Gasteiger partial charge in [0.2, 0.25) is 0 Å². The van der Waals surface area contributed by atoms with Gasteiger partial charge in [-0.15, -0.1) is 3.22 Å². The minimum Gasteiger partial charge on any atom is -0.469 e. The molecule has 0 saturated carbocycles. The number of nitrogens with zero attached hydrogens (tertiary/aromatic N) is 4. The number of methoxy groups -OCH3 is 3. The summed E-state index contributed by atoms with van der Waals surface area (Å²) in [6.07, 6.45) is 1.95. The van der Waals surface area contributed by atoms with E-state index in [9.17, 15) is 19.2 Å². The van der Waals surface area contributed by atoms with E-state index in [0.717, 1.165) is 52.2 Å². The highest BCUT2D eigenvalue weighted by atomic mass is 127. The number of likely N-dealkylation sites (N-methyl/N-ethyl adjacent to an activating group) is 2. The highest BCUT2D eigenvalue weighted by Gasteiger charge is 2.15. The van der Waals surface area contributed by atoms with Crippen LogP contribution >= 0.6 is 23.0 Å². The second-order valence-corrected chi connectivity index (χ2v) is 9.51. The Labute approximate surface area is 253 Å². The fraction of sp³-hybridized carbons (Fsp3) is 0.846. The maximum absolute atomic E-state index is 11.7. The molecule has 0 atom stereocenters. The van der Waals surface area contributed by atoms with Crippen LogP contribution in [0.1, 0.15) is 46.0 Å². The molecule has 0 radical (unpaired) electrons. The minimum atomic E-state index is -0.460. The number of carbonyl (C=O) groups excluding carboxylic acids is 4. The molecule has 13 nitrogen and oxygen atoms in total. The van der Waals surface area contributed by atoms with E-state index in [2.05, 4.69) is 41.6 Å². The van der Waals surface area contributed by atoms with Crippen LogP contribution in [0.4, 0.5) is 0 Å². The second-order valence-electron chi connectivity index (χ2n) is 9.15. The highest BCUT2D eigenvalue weighted by Crippen LogP contribution is 2.03. The molecule has 0 spiro atoms. The molecule has 0 heterocycles. The molecule has 234 valence electrons. The van der Waals surface area contributed by atoms with Gasteiger partial charge in [-0.05, 0) is 32.6 Å². The van der Waals surface area contributed by atoms with E-state index >= 15 is 0 Å². The summed E-state index contributed by atoms with van der Waals surface area (Å²) >= 11 is 1.50. The number of rotatable bonds is 25. The highest BCUT2D eigenvalue weighted by molar-refractivity contribution is 14.1. The Morgan fingerprint density at radius 1 is 0.500 bits per heavy atom. The number of hydrogen-bond donors (Lipinski definition) is 0. The summed E-state index contributed by atoms with van der Waals surface area (Å²) in [5, 5.41) is 0. The molecule has 0 aliphatic heterocycles. The monoisotopic (exact) mass is 688 g/mol. The van der Waals surface area contributed by atoms with Gasteiger partial charge in [-0.25, -0.2) is 4.79 Å². The summed E-state index contributed by atoms with van der Waals surface area (Å²) in [5.41, 5.74) is 0. The Bertz CT molecular complexity index is 698. The summed E-state index contributed by atoms with van der Waals surface area (Å²) in [6, 6.07) is 0. The van der Waals surface area contributed by atoms with Gasteiger partial charge in [-0.3, -0.25) is 19.3 Å². The Balaban J connectivity index is 4.73. The van der Waals surface area contributed by atoms with Crippen LogP contribution < -0.4 is 0 Å². The van der Waals surface area contributed by atoms with Gasteiger partial charge < -0.3 is 33.8 Å².